The molecule has 0 rings (SSSR count). The molecule has 1 atom stereocenters. The van der Waals surface area contributed by atoms with Gasteiger partial charge in [0.2, 0.25) is 0 Å². The fraction of sp³-hybridized carbons (Fsp3) is 1.00. The van der Waals surface area contributed by atoms with Crippen molar-refractivity contribution in [2.45, 2.75) is 6.23 Å². The van der Waals surface area contributed by atoms with Crippen LogP contribution in [0.1, 0.15) is 0 Å². The van der Waals surface area contributed by atoms with Crippen LogP contribution in [0.2, 0.25) is 0 Å². The standard InChI is InChI=1S/C8H19NO4/c1-9(2)8(7-11)13-6-5-12-4-3-10/h8,10-11H,3-7H2,1-2H3. The third kappa shape index (κ3) is 6.92. The zero-order valence-corrected chi connectivity index (χ0v) is 8.27. The molecule has 13 heavy (non-hydrogen) atoms. The molecule has 0 aliphatic carbocycles. The molecule has 0 fully saturated rings. The molecule has 0 saturated carbocycles. The van der Waals surface area contributed by atoms with E-state index in [1.807, 2.05) is 14.1 Å². The minimum atomic E-state index is -0.280. The first-order valence-corrected chi connectivity index (χ1v) is 4.30. The number of aliphatic hydroxyl groups is 2. The van der Waals surface area contributed by atoms with E-state index in [0.29, 0.717) is 19.8 Å². The van der Waals surface area contributed by atoms with Crippen LogP contribution in [0.4, 0.5) is 0 Å². The maximum absolute atomic E-state index is 8.85. The van der Waals surface area contributed by atoms with Gasteiger partial charge in [-0.25, -0.2) is 0 Å². The monoisotopic (exact) mass is 193 g/mol. The number of aliphatic hydroxyl groups excluding tert-OH is 2. The van der Waals surface area contributed by atoms with Gasteiger partial charge in [-0.15, -0.1) is 0 Å². The zero-order chi connectivity index (χ0) is 10.1. The van der Waals surface area contributed by atoms with Crippen LogP contribution in [0.15, 0.2) is 0 Å². The molecule has 0 aromatic carbocycles. The first-order chi connectivity index (χ1) is 6.22. The van der Waals surface area contributed by atoms with Gasteiger partial charge in [-0.3, -0.25) is 4.90 Å². The topological polar surface area (TPSA) is 62.2 Å². The number of likely N-dealkylation sites (N-methyl/N-ethyl adjacent to an activating group) is 1. The predicted molar refractivity (Wildman–Crippen MR) is 48.4 cm³/mol. The average molecular weight is 193 g/mol. The average Bonchev–Trinajstić information content (AvgIpc) is 2.10. The van der Waals surface area contributed by atoms with Gasteiger partial charge in [-0.2, -0.15) is 0 Å². The molecular weight excluding hydrogens is 174 g/mol. The van der Waals surface area contributed by atoms with E-state index in [1.54, 1.807) is 4.90 Å². The second-order valence-electron chi connectivity index (χ2n) is 2.81. The van der Waals surface area contributed by atoms with Gasteiger partial charge in [-0.1, -0.05) is 0 Å². The largest absolute Gasteiger partial charge is 0.394 e. The molecule has 1 unspecified atom stereocenters. The molecule has 0 aliphatic heterocycles. The van der Waals surface area contributed by atoms with Crippen LogP contribution >= 0.6 is 0 Å². The molecule has 0 aromatic rings. The quantitative estimate of drug-likeness (QED) is 0.378. The maximum Gasteiger partial charge on any atom is 0.133 e. The van der Waals surface area contributed by atoms with E-state index in [4.69, 9.17) is 19.7 Å². The van der Waals surface area contributed by atoms with E-state index in [9.17, 15) is 0 Å². The lowest BCUT2D eigenvalue weighted by Gasteiger charge is -2.22. The molecule has 80 valence electrons. The molecule has 0 bridgehead atoms. The molecule has 2 N–H and O–H groups in total. The van der Waals surface area contributed by atoms with Gasteiger partial charge in [0.1, 0.15) is 6.23 Å². The Balaban J connectivity index is 3.28. The minimum Gasteiger partial charge on any atom is -0.394 e. The summed E-state index contributed by atoms with van der Waals surface area (Å²) in [6, 6.07) is 0. The summed E-state index contributed by atoms with van der Waals surface area (Å²) in [5.74, 6) is 0. The van der Waals surface area contributed by atoms with Crippen LogP contribution in [-0.4, -0.2) is 68.5 Å². The van der Waals surface area contributed by atoms with Gasteiger partial charge < -0.3 is 19.7 Å². The van der Waals surface area contributed by atoms with Crippen molar-refractivity contribution in [1.82, 2.24) is 4.90 Å². The Labute approximate surface area is 78.9 Å². The van der Waals surface area contributed by atoms with E-state index >= 15 is 0 Å². The lowest BCUT2D eigenvalue weighted by molar-refractivity contribution is -0.0834. The lowest BCUT2D eigenvalue weighted by Crippen LogP contribution is -2.34. The van der Waals surface area contributed by atoms with Crippen molar-refractivity contribution in [2.24, 2.45) is 0 Å². The van der Waals surface area contributed by atoms with Crippen molar-refractivity contribution in [2.75, 3.05) is 47.1 Å². The van der Waals surface area contributed by atoms with E-state index < -0.39 is 0 Å². The smallest absolute Gasteiger partial charge is 0.133 e. The summed E-state index contributed by atoms with van der Waals surface area (Å²) in [4.78, 5) is 1.78. The van der Waals surface area contributed by atoms with E-state index in [2.05, 4.69) is 0 Å². The Kier molecular flexibility index (Phi) is 8.27. The van der Waals surface area contributed by atoms with Gasteiger partial charge >= 0.3 is 0 Å². The summed E-state index contributed by atoms with van der Waals surface area (Å²) in [6.45, 7) is 1.17. The van der Waals surface area contributed by atoms with Crippen molar-refractivity contribution in [3.63, 3.8) is 0 Å². The Hall–Kier alpha value is -0.200. The molecule has 0 aliphatic rings. The molecule has 0 heterocycles. The van der Waals surface area contributed by atoms with Crippen molar-refractivity contribution < 1.29 is 19.7 Å². The van der Waals surface area contributed by atoms with Crippen LogP contribution < -0.4 is 0 Å². The summed E-state index contributed by atoms with van der Waals surface area (Å²) in [5, 5.41) is 17.2. The van der Waals surface area contributed by atoms with E-state index in [-0.39, 0.29) is 19.4 Å². The van der Waals surface area contributed by atoms with Gasteiger partial charge in [0, 0.05) is 0 Å². The van der Waals surface area contributed by atoms with Crippen LogP contribution in [0.25, 0.3) is 0 Å². The van der Waals surface area contributed by atoms with Crippen molar-refractivity contribution in [3.05, 3.63) is 0 Å². The fourth-order valence-corrected chi connectivity index (χ4v) is 0.775. The Morgan fingerprint density at radius 1 is 1.15 bits per heavy atom. The lowest BCUT2D eigenvalue weighted by atomic mass is 10.5. The van der Waals surface area contributed by atoms with E-state index in [1.165, 1.54) is 0 Å². The molecule has 0 saturated heterocycles. The summed E-state index contributed by atoms with van der Waals surface area (Å²) < 4.78 is 10.3. The molecule has 5 nitrogen and oxygen atoms in total. The third-order valence-corrected chi connectivity index (χ3v) is 1.51. The summed E-state index contributed by atoms with van der Waals surface area (Å²) in [6.07, 6.45) is -0.280. The van der Waals surface area contributed by atoms with Gasteiger partial charge in [0.05, 0.1) is 33.0 Å². The molecule has 0 radical (unpaired) electrons. The number of nitrogens with zero attached hydrogens (tertiary/aromatic N) is 1. The number of ether oxygens (including phenoxy) is 2. The second-order valence-corrected chi connectivity index (χ2v) is 2.81. The Morgan fingerprint density at radius 3 is 2.31 bits per heavy atom. The zero-order valence-electron chi connectivity index (χ0n) is 8.27. The highest BCUT2D eigenvalue weighted by Gasteiger charge is 2.08. The summed E-state index contributed by atoms with van der Waals surface area (Å²) in [5.41, 5.74) is 0. The fourth-order valence-electron chi connectivity index (χ4n) is 0.775. The van der Waals surface area contributed by atoms with Crippen LogP contribution in [0, 0.1) is 0 Å². The first kappa shape index (κ1) is 12.8. The van der Waals surface area contributed by atoms with Crippen LogP contribution in [0.5, 0.6) is 0 Å². The normalized spacial score (nSPS) is 13.6. The highest BCUT2D eigenvalue weighted by Crippen LogP contribution is 1.94. The molecule has 0 aromatic heterocycles. The Bertz CT molecular complexity index is 110. The van der Waals surface area contributed by atoms with Gasteiger partial charge in [0.15, 0.2) is 0 Å². The van der Waals surface area contributed by atoms with Crippen LogP contribution in [-0.2, 0) is 9.47 Å². The van der Waals surface area contributed by atoms with Crippen molar-refractivity contribution >= 4 is 0 Å². The molecule has 0 amide bonds. The van der Waals surface area contributed by atoms with Gasteiger partial charge in [-0.05, 0) is 14.1 Å². The van der Waals surface area contributed by atoms with Crippen LogP contribution in [0.3, 0.4) is 0 Å². The minimum absolute atomic E-state index is 0.0249. The first-order valence-electron chi connectivity index (χ1n) is 4.30. The molecule has 0 spiro atoms. The maximum atomic E-state index is 8.85. The van der Waals surface area contributed by atoms with Gasteiger partial charge in [0.25, 0.3) is 0 Å². The molecule has 5 heteroatoms. The predicted octanol–water partition coefficient (Wildman–Crippen LogP) is -1.11. The number of rotatable bonds is 8. The summed E-state index contributed by atoms with van der Waals surface area (Å²) in [7, 11) is 3.66. The molecular formula is C8H19NO4. The van der Waals surface area contributed by atoms with Crippen molar-refractivity contribution in [1.29, 1.82) is 0 Å². The second kappa shape index (κ2) is 8.40. The SMILES string of the molecule is CN(C)C(CO)OCCOCCO. The number of hydrogen-bond acceptors (Lipinski definition) is 5. The summed E-state index contributed by atoms with van der Waals surface area (Å²) >= 11 is 0. The highest BCUT2D eigenvalue weighted by molar-refractivity contribution is 4.50. The third-order valence-electron chi connectivity index (χ3n) is 1.51. The van der Waals surface area contributed by atoms with E-state index in [0.717, 1.165) is 0 Å². The Morgan fingerprint density at radius 2 is 1.85 bits per heavy atom. The highest BCUT2D eigenvalue weighted by atomic mass is 16.5. The van der Waals surface area contributed by atoms with Crippen molar-refractivity contribution in [3.8, 4) is 0 Å². The number of hydrogen-bond donors (Lipinski definition) is 2.